The van der Waals surface area contributed by atoms with Gasteiger partial charge in [-0.15, -0.1) is 0 Å². The van der Waals surface area contributed by atoms with Crippen LogP contribution in [0.1, 0.15) is 19.8 Å². The summed E-state index contributed by atoms with van der Waals surface area (Å²) in [6.45, 7) is 4.31. The minimum atomic E-state index is 0.457. The number of nitrogens with two attached hydrogens (primary N) is 1. The molecule has 0 aliphatic rings. The van der Waals surface area contributed by atoms with Gasteiger partial charge in [-0.2, -0.15) is 0 Å². The number of benzene rings is 1. The van der Waals surface area contributed by atoms with Gasteiger partial charge in [0.1, 0.15) is 11.6 Å². The molecule has 1 heterocycles. The fourth-order valence-corrected chi connectivity index (χ4v) is 1.87. The summed E-state index contributed by atoms with van der Waals surface area (Å²) in [6, 6.07) is 11.5. The summed E-state index contributed by atoms with van der Waals surface area (Å²) < 4.78 is 5.50. The minimum Gasteiger partial charge on any atom is -0.384 e. The second kappa shape index (κ2) is 8.21. The summed E-state index contributed by atoms with van der Waals surface area (Å²) in [6.07, 6.45) is 2.24. The molecule has 0 aliphatic carbocycles. The number of unbranched alkanes of at least 4 members (excludes halogenated alkanes) is 1. The molecule has 3 N–H and O–H groups in total. The number of hydrogen-bond donors (Lipinski definition) is 2. The van der Waals surface area contributed by atoms with Crippen LogP contribution in [0.15, 0.2) is 36.4 Å². The predicted octanol–water partition coefficient (Wildman–Crippen LogP) is 2.95. The highest BCUT2D eigenvalue weighted by Crippen LogP contribution is 2.18. The third-order valence-corrected chi connectivity index (χ3v) is 2.97. The van der Waals surface area contributed by atoms with Gasteiger partial charge in [0.05, 0.1) is 6.61 Å². The molecule has 2 aromatic rings. The summed E-state index contributed by atoms with van der Waals surface area (Å²) in [5, 5.41) is 3.22. The van der Waals surface area contributed by atoms with Crippen LogP contribution in [0.2, 0.25) is 0 Å². The first-order valence-electron chi connectivity index (χ1n) is 7.31. The van der Waals surface area contributed by atoms with Crippen molar-refractivity contribution in [3.05, 3.63) is 36.4 Å². The van der Waals surface area contributed by atoms with Gasteiger partial charge in [0, 0.05) is 24.8 Å². The zero-order chi connectivity index (χ0) is 14.9. The van der Waals surface area contributed by atoms with Crippen LogP contribution < -0.4 is 11.1 Å². The van der Waals surface area contributed by atoms with Gasteiger partial charge >= 0.3 is 0 Å². The van der Waals surface area contributed by atoms with Crippen molar-refractivity contribution < 1.29 is 4.74 Å². The lowest BCUT2D eigenvalue weighted by Gasteiger charge is -2.09. The molecule has 1 aromatic heterocycles. The minimum absolute atomic E-state index is 0.457. The molecular formula is C16H22N4O. The van der Waals surface area contributed by atoms with E-state index in [0.29, 0.717) is 24.8 Å². The Labute approximate surface area is 125 Å². The van der Waals surface area contributed by atoms with E-state index < -0.39 is 0 Å². The molecule has 5 nitrogen and oxygen atoms in total. The molecule has 0 radical (unpaired) electrons. The van der Waals surface area contributed by atoms with Gasteiger partial charge < -0.3 is 15.8 Å². The molecule has 0 amide bonds. The van der Waals surface area contributed by atoms with Gasteiger partial charge in [-0.05, 0) is 6.42 Å². The lowest BCUT2D eigenvalue weighted by molar-refractivity contribution is 0.141. The lowest BCUT2D eigenvalue weighted by atomic mass is 10.2. The zero-order valence-electron chi connectivity index (χ0n) is 12.4. The van der Waals surface area contributed by atoms with Crippen LogP contribution in [0, 0.1) is 0 Å². The Morgan fingerprint density at radius 1 is 1.14 bits per heavy atom. The number of ether oxygens (including phenoxy) is 1. The highest BCUT2D eigenvalue weighted by molar-refractivity contribution is 5.60. The van der Waals surface area contributed by atoms with Gasteiger partial charge in [-0.1, -0.05) is 43.7 Å². The molecule has 0 fully saturated rings. The summed E-state index contributed by atoms with van der Waals surface area (Å²) in [4.78, 5) is 8.75. The summed E-state index contributed by atoms with van der Waals surface area (Å²) >= 11 is 0. The number of anilines is 2. The van der Waals surface area contributed by atoms with E-state index in [1.807, 2.05) is 30.3 Å². The van der Waals surface area contributed by atoms with Crippen molar-refractivity contribution in [1.82, 2.24) is 9.97 Å². The molecule has 5 heteroatoms. The van der Waals surface area contributed by atoms with E-state index in [-0.39, 0.29) is 0 Å². The van der Waals surface area contributed by atoms with E-state index in [1.165, 1.54) is 0 Å². The Bertz CT molecular complexity index is 545. The van der Waals surface area contributed by atoms with Crippen LogP contribution in [-0.4, -0.2) is 29.7 Å². The van der Waals surface area contributed by atoms with E-state index >= 15 is 0 Å². The van der Waals surface area contributed by atoms with Crippen molar-refractivity contribution in [2.75, 3.05) is 30.8 Å². The van der Waals surface area contributed by atoms with E-state index in [0.717, 1.165) is 30.8 Å². The Balaban J connectivity index is 1.93. The third kappa shape index (κ3) is 5.04. The van der Waals surface area contributed by atoms with Gasteiger partial charge in [-0.3, -0.25) is 0 Å². The maximum Gasteiger partial charge on any atom is 0.163 e. The van der Waals surface area contributed by atoms with Crippen molar-refractivity contribution in [2.24, 2.45) is 0 Å². The van der Waals surface area contributed by atoms with E-state index in [1.54, 1.807) is 6.07 Å². The molecule has 0 saturated carbocycles. The van der Waals surface area contributed by atoms with Crippen LogP contribution in [-0.2, 0) is 4.74 Å². The molecule has 0 spiro atoms. The summed E-state index contributed by atoms with van der Waals surface area (Å²) in [5.41, 5.74) is 6.80. The van der Waals surface area contributed by atoms with Crippen LogP contribution >= 0.6 is 0 Å². The average Bonchev–Trinajstić information content (AvgIpc) is 2.51. The largest absolute Gasteiger partial charge is 0.384 e. The zero-order valence-corrected chi connectivity index (χ0v) is 12.4. The van der Waals surface area contributed by atoms with E-state index in [2.05, 4.69) is 22.2 Å². The SMILES string of the molecule is CCCCOCCNc1cc(N)nc(-c2ccccc2)n1. The molecule has 21 heavy (non-hydrogen) atoms. The number of nitrogens with one attached hydrogen (secondary N) is 1. The smallest absolute Gasteiger partial charge is 0.163 e. The predicted molar refractivity (Wildman–Crippen MR) is 86.1 cm³/mol. The van der Waals surface area contributed by atoms with Gasteiger partial charge in [-0.25, -0.2) is 9.97 Å². The number of aromatic nitrogens is 2. The molecule has 2 rings (SSSR count). The highest BCUT2D eigenvalue weighted by Gasteiger charge is 2.04. The van der Waals surface area contributed by atoms with E-state index in [4.69, 9.17) is 10.5 Å². The molecule has 112 valence electrons. The first-order valence-corrected chi connectivity index (χ1v) is 7.31. The first kappa shape index (κ1) is 15.3. The van der Waals surface area contributed by atoms with Gasteiger partial charge in [0.2, 0.25) is 0 Å². The summed E-state index contributed by atoms with van der Waals surface area (Å²) in [7, 11) is 0. The maximum absolute atomic E-state index is 5.84. The second-order valence-electron chi connectivity index (χ2n) is 4.76. The summed E-state index contributed by atoms with van der Waals surface area (Å²) in [5.74, 6) is 1.81. The maximum atomic E-state index is 5.84. The Morgan fingerprint density at radius 3 is 2.71 bits per heavy atom. The number of nitrogen functional groups attached to an aromatic ring is 1. The monoisotopic (exact) mass is 286 g/mol. The Morgan fingerprint density at radius 2 is 1.95 bits per heavy atom. The first-order chi connectivity index (χ1) is 10.3. The van der Waals surface area contributed by atoms with Crippen LogP contribution in [0.4, 0.5) is 11.6 Å². The standard InChI is InChI=1S/C16H22N4O/c1-2-3-10-21-11-9-18-15-12-14(17)19-16(20-15)13-7-5-4-6-8-13/h4-8,12H,2-3,9-11H2,1H3,(H3,17,18,19,20). The van der Waals surface area contributed by atoms with Crippen molar-refractivity contribution in [2.45, 2.75) is 19.8 Å². The Kier molecular flexibility index (Phi) is 5.97. The number of hydrogen-bond acceptors (Lipinski definition) is 5. The molecule has 0 aliphatic heterocycles. The van der Waals surface area contributed by atoms with Crippen molar-refractivity contribution in [1.29, 1.82) is 0 Å². The quantitative estimate of drug-likeness (QED) is 0.730. The topological polar surface area (TPSA) is 73.1 Å². The molecular weight excluding hydrogens is 264 g/mol. The van der Waals surface area contributed by atoms with Crippen molar-refractivity contribution in [3.8, 4) is 11.4 Å². The lowest BCUT2D eigenvalue weighted by Crippen LogP contribution is -2.12. The highest BCUT2D eigenvalue weighted by atomic mass is 16.5. The van der Waals surface area contributed by atoms with Gasteiger partial charge in [0.15, 0.2) is 5.82 Å². The molecule has 0 unspecified atom stereocenters. The van der Waals surface area contributed by atoms with Crippen LogP contribution in [0.3, 0.4) is 0 Å². The van der Waals surface area contributed by atoms with Gasteiger partial charge in [0.25, 0.3) is 0 Å². The molecule has 0 atom stereocenters. The van der Waals surface area contributed by atoms with Crippen LogP contribution in [0.5, 0.6) is 0 Å². The third-order valence-electron chi connectivity index (χ3n) is 2.97. The molecule has 1 aromatic carbocycles. The fraction of sp³-hybridized carbons (Fsp3) is 0.375. The average molecular weight is 286 g/mol. The van der Waals surface area contributed by atoms with Crippen molar-refractivity contribution in [3.63, 3.8) is 0 Å². The second-order valence-corrected chi connectivity index (χ2v) is 4.76. The van der Waals surface area contributed by atoms with Crippen LogP contribution in [0.25, 0.3) is 11.4 Å². The number of nitrogens with zero attached hydrogens (tertiary/aromatic N) is 2. The molecule has 0 saturated heterocycles. The van der Waals surface area contributed by atoms with Crippen molar-refractivity contribution >= 4 is 11.6 Å². The molecule has 0 bridgehead atoms. The Hall–Kier alpha value is -2.14. The normalized spacial score (nSPS) is 10.5. The number of rotatable bonds is 8. The fourth-order valence-electron chi connectivity index (χ4n) is 1.87. The van der Waals surface area contributed by atoms with E-state index in [9.17, 15) is 0 Å².